The topological polar surface area (TPSA) is 67.4 Å². The fourth-order valence-electron chi connectivity index (χ4n) is 2.08. The molecule has 2 amide bonds. The van der Waals surface area contributed by atoms with Gasteiger partial charge in [0.25, 0.3) is 11.7 Å². The van der Waals surface area contributed by atoms with Crippen LogP contribution in [-0.4, -0.2) is 35.4 Å². The Labute approximate surface area is 163 Å². The van der Waals surface area contributed by atoms with Gasteiger partial charge in [-0.2, -0.15) is 8.78 Å². The molecule has 0 aromatic heterocycles. The van der Waals surface area contributed by atoms with Crippen molar-refractivity contribution in [2.45, 2.75) is 63.3 Å². The Balaban J connectivity index is 2.77. The Morgan fingerprint density at radius 3 is 2.11 bits per heavy atom. The summed E-state index contributed by atoms with van der Waals surface area (Å²) in [6.45, 7) is 11.2. The maximum atomic E-state index is 12.6. The normalized spacial score (nSPS) is 14.0. The average Bonchev–Trinajstić information content (AvgIpc) is 2.51. The SMILES string of the molecule is CC(C)C(C)(CNC(=O)OC(C)(C)C)NC(=O)c1ccc(SC(F)F)cc1. The molecular formula is C19H28F2N2O3S. The number of rotatable bonds is 7. The van der Waals surface area contributed by atoms with Crippen LogP contribution in [-0.2, 0) is 4.74 Å². The first-order valence-corrected chi connectivity index (χ1v) is 9.54. The molecule has 2 N–H and O–H groups in total. The van der Waals surface area contributed by atoms with Crippen LogP contribution in [0.25, 0.3) is 0 Å². The number of benzene rings is 1. The van der Waals surface area contributed by atoms with Crippen molar-refractivity contribution >= 4 is 23.8 Å². The number of nitrogens with one attached hydrogen (secondary N) is 2. The summed E-state index contributed by atoms with van der Waals surface area (Å²) in [4.78, 5) is 24.9. The molecule has 8 heteroatoms. The molecule has 0 aliphatic rings. The molecule has 152 valence electrons. The van der Waals surface area contributed by atoms with Crippen molar-refractivity contribution in [2.24, 2.45) is 5.92 Å². The van der Waals surface area contributed by atoms with Gasteiger partial charge in [0.15, 0.2) is 0 Å². The Morgan fingerprint density at radius 1 is 1.11 bits per heavy atom. The Bertz CT molecular complexity index is 645. The highest BCUT2D eigenvalue weighted by Crippen LogP contribution is 2.25. The summed E-state index contributed by atoms with van der Waals surface area (Å²) in [5, 5.41) is 5.61. The van der Waals surface area contributed by atoms with Crippen LogP contribution < -0.4 is 10.6 Å². The molecule has 27 heavy (non-hydrogen) atoms. The van der Waals surface area contributed by atoms with E-state index in [2.05, 4.69) is 10.6 Å². The third-order valence-corrected chi connectivity index (χ3v) is 4.74. The van der Waals surface area contributed by atoms with Crippen molar-refractivity contribution in [3.8, 4) is 0 Å². The monoisotopic (exact) mass is 402 g/mol. The van der Waals surface area contributed by atoms with Crippen LogP contribution in [0.2, 0.25) is 0 Å². The summed E-state index contributed by atoms with van der Waals surface area (Å²) in [6, 6.07) is 5.97. The number of carbonyl (C=O) groups is 2. The average molecular weight is 403 g/mol. The van der Waals surface area contributed by atoms with Crippen molar-refractivity contribution < 1.29 is 23.1 Å². The van der Waals surface area contributed by atoms with Gasteiger partial charge >= 0.3 is 6.09 Å². The van der Waals surface area contributed by atoms with Crippen molar-refractivity contribution in [2.75, 3.05) is 6.54 Å². The summed E-state index contributed by atoms with van der Waals surface area (Å²) >= 11 is 0.426. The molecule has 0 aliphatic heterocycles. The van der Waals surface area contributed by atoms with Gasteiger partial charge in [-0.05, 0) is 57.9 Å². The Hall–Kier alpha value is -1.83. The lowest BCUT2D eigenvalue weighted by Gasteiger charge is -2.35. The van der Waals surface area contributed by atoms with Crippen LogP contribution in [0.15, 0.2) is 29.2 Å². The standard InChI is InChI=1S/C19H28F2N2O3S/c1-12(2)19(6,11-22-17(25)26-18(3,4)5)23-15(24)13-7-9-14(10-8-13)27-16(20)21/h7-10,12,16H,11H2,1-6H3,(H,22,25)(H,23,24). The van der Waals surface area contributed by atoms with E-state index in [4.69, 9.17) is 4.74 Å². The number of alkyl carbamates (subject to hydrolysis) is 1. The number of carbonyl (C=O) groups excluding carboxylic acids is 2. The molecule has 0 saturated carbocycles. The molecule has 0 radical (unpaired) electrons. The van der Waals surface area contributed by atoms with Crippen molar-refractivity contribution in [1.82, 2.24) is 10.6 Å². The maximum absolute atomic E-state index is 12.6. The van der Waals surface area contributed by atoms with Crippen LogP contribution in [0.5, 0.6) is 0 Å². The van der Waals surface area contributed by atoms with Crippen LogP contribution >= 0.6 is 11.8 Å². The third kappa shape index (κ3) is 8.15. The van der Waals surface area contributed by atoms with E-state index in [0.29, 0.717) is 22.2 Å². The fourth-order valence-corrected chi connectivity index (χ4v) is 2.58. The van der Waals surface area contributed by atoms with E-state index in [-0.39, 0.29) is 18.4 Å². The first kappa shape index (κ1) is 23.2. The van der Waals surface area contributed by atoms with E-state index in [1.165, 1.54) is 24.3 Å². The molecular weight excluding hydrogens is 374 g/mol. The summed E-state index contributed by atoms with van der Waals surface area (Å²) in [7, 11) is 0. The van der Waals surface area contributed by atoms with Gasteiger partial charge in [0.1, 0.15) is 5.60 Å². The van der Waals surface area contributed by atoms with E-state index in [1.54, 1.807) is 20.8 Å². The minimum atomic E-state index is -2.51. The zero-order valence-corrected chi connectivity index (χ0v) is 17.4. The summed E-state index contributed by atoms with van der Waals surface area (Å²) in [5.74, 6) is -2.83. The molecule has 1 unspecified atom stereocenters. The molecule has 0 spiro atoms. The molecule has 1 aromatic carbocycles. The van der Waals surface area contributed by atoms with Crippen LogP contribution in [0.4, 0.5) is 13.6 Å². The minimum absolute atomic E-state index is 0.0186. The first-order chi connectivity index (χ1) is 12.3. The van der Waals surface area contributed by atoms with E-state index in [0.717, 1.165) is 0 Å². The predicted octanol–water partition coefficient (Wildman–Crippen LogP) is 4.67. The number of halogens is 2. The van der Waals surface area contributed by atoms with Crippen molar-refractivity contribution in [1.29, 1.82) is 0 Å². The van der Waals surface area contributed by atoms with Crippen molar-refractivity contribution in [3.05, 3.63) is 29.8 Å². The lowest BCUT2D eigenvalue weighted by atomic mass is 9.88. The second kappa shape index (κ2) is 9.39. The molecule has 0 saturated heterocycles. The van der Waals surface area contributed by atoms with Gasteiger partial charge in [-0.3, -0.25) is 4.79 Å². The molecule has 0 aliphatic carbocycles. The fraction of sp³-hybridized carbons (Fsp3) is 0.579. The van der Waals surface area contributed by atoms with Gasteiger partial charge in [-0.1, -0.05) is 25.6 Å². The van der Waals surface area contributed by atoms with E-state index < -0.39 is 23.0 Å². The van der Waals surface area contributed by atoms with Crippen LogP contribution in [0.1, 0.15) is 51.9 Å². The number of amides is 2. The number of hydrogen-bond donors (Lipinski definition) is 2. The highest BCUT2D eigenvalue weighted by molar-refractivity contribution is 7.99. The van der Waals surface area contributed by atoms with E-state index in [9.17, 15) is 18.4 Å². The van der Waals surface area contributed by atoms with Gasteiger partial charge in [0.2, 0.25) is 0 Å². The maximum Gasteiger partial charge on any atom is 0.407 e. The van der Waals surface area contributed by atoms with Gasteiger partial charge in [0, 0.05) is 17.0 Å². The molecule has 1 atom stereocenters. The molecule has 5 nitrogen and oxygen atoms in total. The quantitative estimate of drug-likeness (QED) is 0.651. The number of alkyl halides is 2. The van der Waals surface area contributed by atoms with Gasteiger partial charge in [-0.15, -0.1) is 0 Å². The Morgan fingerprint density at radius 2 is 1.67 bits per heavy atom. The van der Waals surface area contributed by atoms with E-state index in [1.807, 2.05) is 20.8 Å². The third-order valence-electron chi connectivity index (χ3n) is 4.01. The Kier molecular flexibility index (Phi) is 8.07. The largest absolute Gasteiger partial charge is 0.444 e. The van der Waals surface area contributed by atoms with Crippen LogP contribution in [0, 0.1) is 5.92 Å². The molecule has 0 fully saturated rings. The summed E-state index contributed by atoms with van der Waals surface area (Å²) in [5.41, 5.74) is -0.970. The predicted molar refractivity (Wildman–Crippen MR) is 103 cm³/mol. The summed E-state index contributed by atoms with van der Waals surface area (Å²) < 4.78 is 30.0. The lowest BCUT2D eigenvalue weighted by Crippen LogP contribution is -2.57. The van der Waals surface area contributed by atoms with Crippen LogP contribution in [0.3, 0.4) is 0 Å². The zero-order chi connectivity index (χ0) is 20.8. The summed E-state index contributed by atoms with van der Waals surface area (Å²) in [6.07, 6.45) is -0.558. The van der Waals surface area contributed by atoms with Gasteiger partial charge in [0.05, 0.1) is 5.54 Å². The first-order valence-electron chi connectivity index (χ1n) is 8.66. The van der Waals surface area contributed by atoms with Gasteiger partial charge < -0.3 is 15.4 Å². The second-order valence-corrected chi connectivity index (χ2v) is 8.85. The number of ether oxygens (including phenoxy) is 1. The second-order valence-electron chi connectivity index (χ2n) is 7.78. The minimum Gasteiger partial charge on any atom is -0.444 e. The highest BCUT2D eigenvalue weighted by Gasteiger charge is 2.31. The van der Waals surface area contributed by atoms with Crippen molar-refractivity contribution in [3.63, 3.8) is 0 Å². The zero-order valence-electron chi connectivity index (χ0n) is 16.6. The smallest absolute Gasteiger partial charge is 0.407 e. The molecule has 1 aromatic rings. The molecule has 0 bridgehead atoms. The highest BCUT2D eigenvalue weighted by atomic mass is 32.2. The van der Waals surface area contributed by atoms with E-state index >= 15 is 0 Å². The number of thioether (sulfide) groups is 1. The number of hydrogen-bond acceptors (Lipinski definition) is 4. The van der Waals surface area contributed by atoms with Gasteiger partial charge in [-0.25, -0.2) is 4.79 Å². The lowest BCUT2D eigenvalue weighted by molar-refractivity contribution is 0.0497. The molecule has 0 heterocycles. The molecule has 1 rings (SSSR count).